The summed E-state index contributed by atoms with van der Waals surface area (Å²) in [5.74, 6) is 1.33. The van der Waals surface area contributed by atoms with Crippen LogP contribution in [0.4, 0.5) is 5.95 Å². The van der Waals surface area contributed by atoms with Gasteiger partial charge in [0.05, 0.1) is 6.42 Å². The van der Waals surface area contributed by atoms with Crippen LogP contribution >= 0.6 is 0 Å². The normalized spacial score (nSPS) is 15.3. The van der Waals surface area contributed by atoms with Crippen LogP contribution in [0.1, 0.15) is 5.82 Å². The van der Waals surface area contributed by atoms with E-state index in [1.165, 1.54) is 4.68 Å². The van der Waals surface area contributed by atoms with Crippen LogP contribution in [-0.4, -0.2) is 67.2 Å². The van der Waals surface area contributed by atoms with Crippen molar-refractivity contribution in [2.45, 2.75) is 6.42 Å². The van der Waals surface area contributed by atoms with Gasteiger partial charge >= 0.3 is 0 Å². The molecule has 0 saturated carbocycles. The standard InChI is InChI=1S/C12H16N8O/c1-18-10(15-16-17-18)9-11(21)19-5-7-20(8-6-19)12-13-3-2-4-14-12/h2-4H,5-9H2,1H3. The molecule has 2 aromatic heterocycles. The monoisotopic (exact) mass is 288 g/mol. The SMILES string of the molecule is Cn1nnnc1CC(=O)N1CCN(c2ncccn2)CC1. The lowest BCUT2D eigenvalue weighted by atomic mass is 10.2. The lowest BCUT2D eigenvalue weighted by Gasteiger charge is -2.34. The van der Waals surface area contributed by atoms with Gasteiger partial charge < -0.3 is 9.80 Å². The van der Waals surface area contributed by atoms with E-state index in [0.29, 0.717) is 24.9 Å². The molecule has 3 heterocycles. The average Bonchev–Trinajstić information content (AvgIpc) is 2.93. The zero-order chi connectivity index (χ0) is 14.7. The number of rotatable bonds is 3. The molecule has 0 spiro atoms. The molecule has 0 atom stereocenters. The number of anilines is 1. The van der Waals surface area contributed by atoms with Gasteiger partial charge in [0.15, 0.2) is 5.82 Å². The Morgan fingerprint density at radius 2 is 1.90 bits per heavy atom. The highest BCUT2D eigenvalue weighted by molar-refractivity contribution is 5.78. The van der Waals surface area contributed by atoms with E-state index in [1.807, 2.05) is 4.90 Å². The van der Waals surface area contributed by atoms with E-state index in [1.54, 1.807) is 25.5 Å². The molecule has 3 rings (SSSR count). The maximum absolute atomic E-state index is 12.2. The molecule has 2 aromatic rings. The second kappa shape index (κ2) is 5.81. The number of tetrazole rings is 1. The highest BCUT2D eigenvalue weighted by Gasteiger charge is 2.23. The molecule has 0 N–H and O–H groups in total. The third-order valence-electron chi connectivity index (χ3n) is 3.48. The van der Waals surface area contributed by atoms with Gasteiger partial charge in [0.1, 0.15) is 0 Å². The minimum Gasteiger partial charge on any atom is -0.339 e. The molecular weight excluding hydrogens is 272 g/mol. The smallest absolute Gasteiger partial charge is 0.230 e. The maximum Gasteiger partial charge on any atom is 0.230 e. The van der Waals surface area contributed by atoms with E-state index < -0.39 is 0 Å². The van der Waals surface area contributed by atoms with Crippen molar-refractivity contribution in [3.8, 4) is 0 Å². The second-order valence-electron chi connectivity index (χ2n) is 4.81. The number of piperazine rings is 1. The van der Waals surface area contributed by atoms with Gasteiger partial charge in [-0.3, -0.25) is 4.79 Å². The summed E-state index contributed by atoms with van der Waals surface area (Å²) in [4.78, 5) is 24.6. The minimum atomic E-state index is 0.0431. The van der Waals surface area contributed by atoms with Crippen LogP contribution in [0.25, 0.3) is 0 Å². The molecule has 21 heavy (non-hydrogen) atoms. The molecule has 0 aliphatic carbocycles. The number of amides is 1. The molecule has 1 amide bonds. The van der Waals surface area contributed by atoms with Crippen molar-refractivity contribution < 1.29 is 4.79 Å². The van der Waals surface area contributed by atoms with Gasteiger partial charge in [-0.15, -0.1) is 5.10 Å². The van der Waals surface area contributed by atoms with E-state index in [4.69, 9.17) is 0 Å². The molecule has 1 aliphatic heterocycles. The Kier molecular flexibility index (Phi) is 3.71. The Morgan fingerprint density at radius 3 is 2.52 bits per heavy atom. The summed E-state index contributed by atoms with van der Waals surface area (Å²) in [5, 5.41) is 11.1. The Bertz CT molecular complexity index is 605. The highest BCUT2D eigenvalue weighted by Crippen LogP contribution is 2.10. The zero-order valence-electron chi connectivity index (χ0n) is 11.8. The van der Waals surface area contributed by atoms with Crippen LogP contribution in [0.15, 0.2) is 18.5 Å². The van der Waals surface area contributed by atoms with Crippen LogP contribution in [0.3, 0.4) is 0 Å². The van der Waals surface area contributed by atoms with Gasteiger partial charge in [-0.1, -0.05) is 0 Å². The molecule has 9 heteroatoms. The average molecular weight is 288 g/mol. The van der Waals surface area contributed by atoms with Crippen LogP contribution < -0.4 is 4.90 Å². The van der Waals surface area contributed by atoms with Gasteiger partial charge in [-0.05, 0) is 16.5 Å². The first-order valence-electron chi connectivity index (χ1n) is 6.75. The zero-order valence-corrected chi connectivity index (χ0v) is 11.8. The van der Waals surface area contributed by atoms with Crippen LogP contribution in [0.2, 0.25) is 0 Å². The van der Waals surface area contributed by atoms with E-state index in [-0.39, 0.29) is 12.3 Å². The summed E-state index contributed by atoms with van der Waals surface area (Å²) in [6.45, 7) is 2.77. The number of carbonyl (C=O) groups excluding carboxylic acids is 1. The lowest BCUT2D eigenvalue weighted by Crippen LogP contribution is -2.49. The first kappa shape index (κ1) is 13.4. The van der Waals surface area contributed by atoms with Gasteiger partial charge in [0.2, 0.25) is 11.9 Å². The molecule has 0 aromatic carbocycles. The Balaban J connectivity index is 1.56. The first-order valence-corrected chi connectivity index (χ1v) is 6.75. The summed E-state index contributed by atoms with van der Waals surface area (Å²) in [5.41, 5.74) is 0. The highest BCUT2D eigenvalue weighted by atomic mass is 16.2. The van der Waals surface area contributed by atoms with Crippen molar-refractivity contribution >= 4 is 11.9 Å². The molecule has 0 bridgehead atoms. The Hall–Kier alpha value is -2.58. The summed E-state index contributed by atoms with van der Waals surface area (Å²) >= 11 is 0. The van der Waals surface area contributed by atoms with E-state index in [2.05, 4.69) is 30.4 Å². The fourth-order valence-electron chi connectivity index (χ4n) is 2.26. The van der Waals surface area contributed by atoms with Gasteiger partial charge in [0, 0.05) is 45.6 Å². The minimum absolute atomic E-state index is 0.0431. The van der Waals surface area contributed by atoms with E-state index in [0.717, 1.165) is 13.1 Å². The molecule has 1 aliphatic rings. The number of carbonyl (C=O) groups is 1. The number of aromatic nitrogens is 6. The molecular formula is C12H16N8O. The predicted octanol–water partition coefficient (Wildman–Crippen LogP) is -1.11. The fourth-order valence-corrected chi connectivity index (χ4v) is 2.26. The number of hydrogen-bond acceptors (Lipinski definition) is 7. The molecule has 1 saturated heterocycles. The predicted molar refractivity (Wildman–Crippen MR) is 73.3 cm³/mol. The summed E-state index contributed by atoms with van der Waals surface area (Å²) in [6, 6.07) is 1.79. The molecule has 0 radical (unpaired) electrons. The molecule has 1 fully saturated rings. The van der Waals surface area contributed by atoms with Crippen molar-refractivity contribution in [2.75, 3.05) is 31.1 Å². The summed E-state index contributed by atoms with van der Waals surface area (Å²) < 4.78 is 1.52. The third-order valence-corrected chi connectivity index (χ3v) is 3.48. The van der Waals surface area contributed by atoms with Crippen LogP contribution in [-0.2, 0) is 18.3 Å². The Labute approximate surface area is 121 Å². The molecule has 9 nitrogen and oxygen atoms in total. The van der Waals surface area contributed by atoms with Crippen LogP contribution in [0, 0.1) is 0 Å². The van der Waals surface area contributed by atoms with Crippen molar-refractivity contribution in [1.82, 2.24) is 35.1 Å². The van der Waals surface area contributed by atoms with Gasteiger partial charge in [-0.2, -0.15) is 0 Å². The summed E-state index contributed by atoms with van der Waals surface area (Å²) in [7, 11) is 1.73. The van der Waals surface area contributed by atoms with E-state index in [9.17, 15) is 4.79 Å². The lowest BCUT2D eigenvalue weighted by molar-refractivity contribution is -0.130. The number of nitrogens with zero attached hydrogens (tertiary/aromatic N) is 8. The van der Waals surface area contributed by atoms with Crippen molar-refractivity contribution in [3.05, 3.63) is 24.3 Å². The van der Waals surface area contributed by atoms with Crippen molar-refractivity contribution in [3.63, 3.8) is 0 Å². The fraction of sp³-hybridized carbons (Fsp3) is 0.500. The van der Waals surface area contributed by atoms with E-state index >= 15 is 0 Å². The van der Waals surface area contributed by atoms with Crippen molar-refractivity contribution in [1.29, 1.82) is 0 Å². The van der Waals surface area contributed by atoms with Crippen LogP contribution in [0.5, 0.6) is 0 Å². The first-order chi connectivity index (χ1) is 10.2. The molecule has 110 valence electrons. The topological polar surface area (TPSA) is 92.9 Å². The Morgan fingerprint density at radius 1 is 1.19 bits per heavy atom. The van der Waals surface area contributed by atoms with Gasteiger partial charge in [0.25, 0.3) is 0 Å². The number of hydrogen-bond donors (Lipinski definition) is 0. The second-order valence-corrected chi connectivity index (χ2v) is 4.81. The molecule has 0 unspecified atom stereocenters. The third kappa shape index (κ3) is 2.96. The quantitative estimate of drug-likeness (QED) is 0.707. The number of aryl methyl sites for hydroxylation is 1. The van der Waals surface area contributed by atoms with Gasteiger partial charge in [-0.25, -0.2) is 14.6 Å². The summed E-state index contributed by atoms with van der Waals surface area (Å²) in [6.07, 6.45) is 3.67. The largest absolute Gasteiger partial charge is 0.339 e. The van der Waals surface area contributed by atoms with Crippen molar-refractivity contribution in [2.24, 2.45) is 7.05 Å². The maximum atomic E-state index is 12.2.